The molecular formula is C21H18N8O3. The lowest BCUT2D eigenvalue weighted by molar-refractivity contribution is 0.117. The third kappa shape index (κ3) is 3.02. The third-order valence-electron chi connectivity index (χ3n) is 5.84. The van der Waals surface area contributed by atoms with Crippen LogP contribution in [0.1, 0.15) is 11.3 Å². The number of aliphatic hydroxyl groups is 1. The van der Waals surface area contributed by atoms with Crippen molar-refractivity contribution < 1.29 is 14.6 Å². The number of rotatable bonds is 5. The molecule has 11 nitrogen and oxygen atoms in total. The molecule has 0 radical (unpaired) electrons. The van der Waals surface area contributed by atoms with Gasteiger partial charge in [0, 0.05) is 18.0 Å². The number of aromatic nitrogens is 7. The molecule has 5 heterocycles. The molecule has 1 aromatic carbocycles. The highest BCUT2D eigenvalue weighted by molar-refractivity contribution is 5.94. The van der Waals surface area contributed by atoms with Crippen LogP contribution >= 0.6 is 0 Å². The first-order valence-electron chi connectivity index (χ1n) is 10.2. The Labute approximate surface area is 181 Å². The zero-order chi connectivity index (χ0) is 21.7. The van der Waals surface area contributed by atoms with E-state index in [4.69, 9.17) is 9.84 Å². The van der Waals surface area contributed by atoms with Crippen LogP contribution in [-0.2, 0) is 24.3 Å². The first-order chi connectivity index (χ1) is 15.7. The van der Waals surface area contributed by atoms with Crippen molar-refractivity contribution in [2.24, 2.45) is 0 Å². The summed E-state index contributed by atoms with van der Waals surface area (Å²) in [6, 6.07) is 9.79. The number of carbonyl (C=O) groups excluding carboxylic acids is 1. The predicted molar refractivity (Wildman–Crippen MR) is 111 cm³/mol. The molecule has 0 aliphatic carbocycles. The molecule has 1 amide bonds. The van der Waals surface area contributed by atoms with Gasteiger partial charge in [0.1, 0.15) is 11.8 Å². The number of cyclic esters (lactones) is 1. The monoisotopic (exact) mass is 430 g/mol. The van der Waals surface area contributed by atoms with Crippen molar-refractivity contribution >= 4 is 11.8 Å². The normalized spacial score (nSPS) is 19.2. The third-order valence-corrected chi connectivity index (χ3v) is 5.84. The number of anilines is 1. The second-order valence-electron chi connectivity index (χ2n) is 7.75. The van der Waals surface area contributed by atoms with Crippen LogP contribution in [0.25, 0.3) is 16.9 Å². The number of benzene rings is 1. The van der Waals surface area contributed by atoms with Gasteiger partial charge in [-0.15, -0.1) is 10.2 Å². The standard InChI is InChI=1S/C21H18N8O3/c30-12-16-10-28(26-24-16)20-4-2-14(9-22-20)13-1-3-17-15(7-13)8-18-19(32-21(31)29(17)18)11-27-6-5-23-25-27/h1-7,9-10,18-19,30H,8,11-12H2/t18?,19-/m0/s1. The Morgan fingerprint density at radius 1 is 1.16 bits per heavy atom. The summed E-state index contributed by atoms with van der Waals surface area (Å²) in [7, 11) is 0. The molecule has 0 saturated carbocycles. The Morgan fingerprint density at radius 3 is 2.81 bits per heavy atom. The topological polar surface area (TPSA) is 124 Å². The Hall–Kier alpha value is -4.12. The number of amides is 1. The SMILES string of the molecule is O=C1O[C@@H](Cn2ccnn2)C2Cc3cc(-c4ccc(-n5cc(CO)nn5)nc4)ccc3N12. The summed E-state index contributed by atoms with van der Waals surface area (Å²) in [5, 5.41) is 24.8. The maximum atomic E-state index is 12.5. The quantitative estimate of drug-likeness (QED) is 0.503. The van der Waals surface area contributed by atoms with E-state index in [1.54, 1.807) is 34.4 Å². The molecule has 32 heavy (non-hydrogen) atoms. The van der Waals surface area contributed by atoms with E-state index < -0.39 is 0 Å². The molecule has 4 aromatic rings. The van der Waals surface area contributed by atoms with Gasteiger partial charge in [-0.25, -0.2) is 19.1 Å². The van der Waals surface area contributed by atoms with Crippen LogP contribution < -0.4 is 4.90 Å². The van der Waals surface area contributed by atoms with Gasteiger partial charge in [0.25, 0.3) is 0 Å². The van der Waals surface area contributed by atoms with E-state index in [9.17, 15) is 4.79 Å². The van der Waals surface area contributed by atoms with E-state index in [0.717, 1.165) is 22.4 Å². The van der Waals surface area contributed by atoms with Gasteiger partial charge in [0.2, 0.25) is 0 Å². The minimum absolute atomic E-state index is 0.0644. The van der Waals surface area contributed by atoms with Crippen molar-refractivity contribution in [2.45, 2.75) is 31.7 Å². The molecule has 2 atom stereocenters. The van der Waals surface area contributed by atoms with E-state index >= 15 is 0 Å². The Morgan fingerprint density at radius 2 is 2.06 bits per heavy atom. The summed E-state index contributed by atoms with van der Waals surface area (Å²) >= 11 is 0. The molecule has 1 saturated heterocycles. The first kappa shape index (κ1) is 18.6. The van der Waals surface area contributed by atoms with Gasteiger partial charge in [-0.05, 0) is 41.8 Å². The van der Waals surface area contributed by atoms with Gasteiger partial charge in [-0.1, -0.05) is 16.5 Å². The number of carbonyl (C=O) groups is 1. The van der Waals surface area contributed by atoms with Gasteiger partial charge in [-0.3, -0.25) is 4.90 Å². The molecule has 2 aliphatic heterocycles. The molecule has 0 spiro atoms. The summed E-state index contributed by atoms with van der Waals surface area (Å²) < 4.78 is 8.80. The van der Waals surface area contributed by atoms with Crippen molar-refractivity contribution in [2.75, 3.05) is 4.90 Å². The number of hydrogen-bond acceptors (Lipinski definition) is 8. The molecule has 1 unspecified atom stereocenters. The largest absolute Gasteiger partial charge is 0.442 e. The van der Waals surface area contributed by atoms with Crippen molar-refractivity contribution in [1.82, 2.24) is 35.0 Å². The molecule has 2 aliphatic rings. The highest BCUT2D eigenvalue weighted by Gasteiger charge is 2.47. The fourth-order valence-corrected chi connectivity index (χ4v) is 4.30. The Bertz CT molecular complexity index is 1280. The summed E-state index contributed by atoms with van der Waals surface area (Å²) in [5.41, 5.74) is 4.43. The van der Waals surface area contributed by atoms with Gasteiger partial charge < -0.3 is 9.84 Å². The molecule has 160 valence electrons. The van der Waals surface area contributed by atoms with Crippen molar-refractivity contribution in [3.8, 4) is 16.9 Å². The van der Waals surface area contributed by atoms with Crippen molar-refractivity contribution in [1.29, 1.82) is 0 Å². The predicted octanol–water partition coefficient (Wildman–Crippen LogP) is 1.36. The van der Waals surface area contributed by atoms with Gasteiger partial charge in [-0.2, -0.15) is 0 Å². The molecular weight excluding hydrogens is 412 g/mol. The highest BCUT2D eigenvalue weighted by Crippen LogP contribution is 2.40. The zero-order valence-corrected chi connectivity index (χ0v) is 16.8. The van der Waals surface area contributed by atoms with Crippen LogP contribution in [0.4, 0.5) is 10.5 Å². The minimum Gasteiger partial charge on any atom is -0.442 e. The van der Waals surface area contributed by atoms with Crippen LogP contribution in [0.15, 0.2) is 55.1 Å². The molecule has 3 aromatic heterocycles. The second-order valence-corrected chi connectivity index (χ2v) is 7.75. The van der Waals surface area contributed by atoms with Gasteiger partial charge in [0.15, 0.2) is 5.82 Å². The van der Waals surface area contributed by atoms with Crippen LogP contribution in [0.3, 0.4) is 0 Å². The summed E-state index contributed by atoms with van der Waals surface area (Å²) in [6.45, 7) is 0.303. The van der Waals surface area contributed by atoms with Crippen LogP contribution in [-0.4, -0.2) is 58.3 Å². The number of ether oxygens (including phenoxy) is 1. The maximum Gasteiger partial charge on any atom is 0.415 e. The molecule has 11 heteroatoms. The summed E-state index contributed by atoms with van der Waals surface area (Å²) in [5.74, 6) is 0.612. The average molecular weight is 430 g/mol. The average Bonchev–Trinajstić information content (AvgIpc) is 3.60. The van der Waals surface area contributed by atoms with Gasteiger partial charge in [0.05, 0.1) is 37.3 Å². The smallest absolute Gasteiger partial charge is 0.415 e. The van der Waals surface area contributed by atoms with Gasteiger partial charge >= 0.3 is 6.09 Å². The number of nitrogens with zero attached hydrogens (tertiary/aromatic N) is 8. The van der Waals surface area contributed by atoms with E-state index in [0.29, 0.717) is 24.5 Å². The lowest BCUT2D eigenvalue weighted by Gasteiger charge is -2.16. The number of pyridine rings is 1. The maximum absolute atomic E-state index is 12.5. The number of aliphatic hydroxyl groups excluding tert-OH is 1. The van der Waals surface area contributed by atoms with Crippen LogP contribution in [0, 0.1) is 0 Å². The van der Waals surface area contributed by atoms with E-state index in [2.05, 4.69) is 31.7 Å². The summed E-state index contributed by atoms with van der Waals surface area (Å²) in [6.07, 6.45) is 6.88. The van der Waals surface area contributed by atoms with E-state index in [-0.39, 0.29) is 24.8 Å². The lowest BCUT2D eigenvalue weighted by Crippen LogP contribution is -2.35. The summed E-state index contributed by atoms with van der Waals surface area (Å²) in [4.78, 5) is 18.7. The Balaban J connectivity index is 1.25. The lowest BCUT2D eigenvalue weighted by atomic mass is 10.0. The number of hydrogen-bond donors (Lipinski definition) is 1. The minimum atomic E-state index is -0.326. The van der Waals surface area contributed by atoms with Crippen LogP contribution in [0.2, 0.25) is 0 Å². The van der Waals surface area contributed by atoms with E-state index in [1.807, 2.05) is 24.3 Å². The number of fused-ring (bicyclic) bond motifs is 3. The molecule has 1 N–H and O–H groups in total. The second kappa shape index (κ2) is 7.24. The fraction of sp³-hybridized carbons (Fsp3) is 0.238. The van der Waals surface area contributed by atoms with Crippen molar-refractivity contribution in [3.05, 3.63) is 66.4 Å². The highest BCUT2D eigenvalue weighted by atomic mass is 16.6. The van der Waals surface area contributed by atoms with Crippen molar-refractivity contribution in [3.63, 3.8) is 0 Å². The Kier molecular flexibility index (Phi) is 4.21. The van der Waals surface area contributed by atoms with E-state index in [1.165, 1.54) is 4.68 Å². The molecule has 0 bridgehead atoms. The zero-order valence-electron chi connectivity index (χ0n) is 16.8. The van der Waals surface area contributed by atoms with Crippen LogP contribution in [0.5, 0.6) is 0 Å². The molecule has 6 rings (SSSR count). The fourth-order valence-electron chi connectivity index (χ4n) is 4.30. The first-order valence-corrected chi connectivity index (χ1v) is 10.2. The molecule has 1 fully saturated rings.